The van der Waals surface area contributed by atoms with Crippen molar-refractivity contribution in [1.29, 1.82) is 0 Å². The fraction of sp³-hybridized carbons (Fsp3) is 0.368. The molecule has 0 aliphatic carbocycles. The van der Waals surface area contributed by atoms with Crippen LogP contribution in [0.2, 0.25) is 0 Å². The predicted octanol–water partition coefficient (Wildman–Crippen LogP) is 2.15. The maximum absolute atomic E-state index is 12.6. The van der Waals surface area contributed by atoms with E-state index in [1.807, 2.05) is 31.4 Å². The van der Waals surface area contributed by atoms with E-state index < -0.39 is 16.1 Å². The number of benzene rings is 1. The van der Waals surface area contributed by atoms with E-state index in [1.165, 1.54) is 0 Å². The lowest BCUT2D eigenvalue weighted by Crippen LogP contribution is -2.47. The molecule has 0 aliphatic heterocycles. The highest BCUT2D eigenvalue weighted by Crippen LogP contribution is 2.12. The number of pyridine rings is 1. The third-order valence-electron chi connectivity index (χ3n) is 3.96. The van der Waals surface area contributed by atoms with Crippen molar-refractivity contribution in [2.75, 3.05) is 18.6 Å². The van der Waals surface area contributed by atoms with Crippen LogP contribution in [0.25, 0.3) is 0 Å². The molecule has 0 spiro atoms. The summed E-state index contributed by atoms with van der Waals surface area (Å²) < 4.78 is 27.8. The molecule has 2 aromatic rings. The number of carbonyl (C=O) groups excluding carboxylic acids is 1. The van der Waals surface area contributed by atoms with Gasteiger partial charge in [0.05, 0.1) is 4.90 Å². The molecule has 2 N–H and O–H groups in total. The van der Waals surface area contributed by atoms with Crippen molar-refractivity contribution in [2.24, 2.45) is 0 Å². The average Bonchev–Trinajstić information content (AvgIpc) is 2.66. The van der Waals surface area contributed by atoms with Crippen LogP contribution >= 0.6 is 11.8 Å². The molecule has 1 heterocycles. The number of rotatable bonds is 10. The van der Waals surface area contributed by atoms with Gasteiger partial charge in [-0.05, 0) is 49.6 Å². The van der Waals surface area contributed by atoms with Crippen molar-refractivity contribution >= 4 is 27.7 Å². The van der Waals surface area contributed by atoms with Gasteiger partial charge in [0.25, 0.3) is 0 Å². The largest absolute Gasteiger partial charge is 0.354 e. The second-order valence-electron chi connectivity index (χ2n) is 6.13. The van der Waals surface area contributed by atoms with E-state index >= 15 is 0 Å². The van der Waals surface area contributed by atoms with Crippen molar-refractivity contribution in [3.63, 3.8) is 0 Å². The summed E-state index contributed by atoms with van der Waals surface area (Å²) in [6.45, 7) is 2.29. The molecule has 0 aliphatic rings. The monoisotopic (exact) mass is 407 g/mol. The minimum absolute atomic E-state index is 0.156. The van der Waals surface area contributed by atoms with Gasteiger partial charge in [-0.1, -0.05) is 23.8 Å². The van der Waals surface area contributed by atoms with E-state index in [9.17, 15) is 13.2 Å². The van der Waals surface area contributed by atoms with E-state index in [4.69, 9.17) is 0 Å². The third kappa shape index (κ3) is 6.97. The van der Waals surface area contributed by atoms with Gasteiger partial charge in [-0.25, -0.2) is 8.42 Å². The van der Waals surface area contributed by atoms with Crippen LogP contribution in [0, 0.1) is 6.92 Å². The Hall–Kier alpha value is -1.90. The lowest BCUT2D eigenvalue weighted by molar-refractivity contribution is -0.122. The summed E-state index contributed by atoms with van der Waals surface area (Å²) in [6, 6.07) is 11.4. The number of aryl methyl sites for hydroxylation is 1. The summed E-state index contributed by atoms with van der Waals surface area (Å²) in [7, 11) is -3.76. The second-order valence-corrected chi connectivity index (χ2v) is 8.83. The SMILES string of the molecule is CSCCC(NS(=O)(=O)c1ccc(C)cc1)C(=O)NCCc1ccccn1. The molecular weight excluding hydrogens is 382 g/mol. The lowest BCUT2D eigenvalue weighted by atomic mass is 10.2. The summed E-state index contributed by atoms with van der Waals surface area (Å²) in [5.41, 5.74) is 1.85. The summed E-state index contributed by atoms with van der Waals surface area (Å²) in [5.74, 6) is 0.352. The first-order valence-electron chi connectivity index (χ1n) is 8.68. The fourth-order valence-corrected chi connectivity index (χ4v) is 4.14. The second kappa shape index (κ2) is 10.4. The van der Waals surface area contributed by atoms with Crippen molar-refractivity contribution < 1.29 is 13.2 Å². The molecule has 146 valence electrons. The van der Waals surface area contributed by atoms with Crippen molar-refractivity contribution in [2.45, 2.75) is 30.7 Å². The Kier molecular flexibility index (Phi) is 8.27. The molecule has 0 saturated heterocycles. The molecular formula is C19H25N3O3S2. The zero-order valence-electron chi connectivity index (χ0n) is 15.5. The Morgan fingerprint density at radius 2 is 1.93 bits per heavy atom. The van der Waals surface area contributed by atoms with Gasteiger partial charge in [0.1, 0.15) is 6.04 Å². The molecule has 2 rings (SSSR count). The van der Waals surface area contributed by atoms with E-state index in [0.717, 1.165) is 11.3 Å². The van der Waals surface area contributed by atoms with Gasteiger partial charge in [-0.2, -0.15) is 16.5 Å². The zero-order chi connectivity index (χ0) is 19.7. The highest BCUT2D eigenvalue weighted by molar-refractivity contribution is 7.98. The molecule has 1 amide bonds. The Morgan fingerprint density at radius 3 is 2.56 bits per heavy atom. The van der Waals surface area contributed by atoms with Crippen LogP contribution in [-0.4, -0.2) is 43.9 Å². The van der Waals surface area contributed by atoms with Crippen LogP contribution in [0.4, 0.5) is 0 Å². The molecule has 0 fully saturated rings. The normalized spacial score (nSPS) is 12.5. The number of hydrogen-bond donors (Lipinski definition) is 2. The van der Waals surface area contributed by atoms with Crippen LogP contribution in [-0.2, 0) is 21.2 Å². The first kappa shape index (κ1) is 21.4. The maximum Gasteiger partial charge on any atom is 0.241 e. The summed E-state index contributed by atoms with van der Waals surface area (Å²) in [6.07, 6.45) is 4.63. The lowest BCUT2D eigenvalue weighted by Gasteiger charge is -2.18. The molecule has 8 heteroatoms. The number of amides is 1. The fourth-order valence-electron chi connectivity index (χ4n) is 2.43. The van der Waals surface area contributed by atoms with E-state index in [-0.39, 0.29) is 10.8 Å². The van der Waals surface area contributed by atoms with Crippen molar-refractivity contribution in [3.8, 4) is 0 Å². The van der Waals surface area contributed by atoms with E-state index in [2.05, 4.69) is 15.0 Å². The Balaban J connectivity index is 2.00. The topological polar surface area (TPSA) is 88.2 Å². The van der Waals surface area contributed by atoms with Gasteiger partial charge in [-0.15, -0.1) is 0 Å². The first-order chi connectivity index (χ1) is 12.9. The number of sulfonamides is 1. The smallest absolute Gasteiger partial charge is 0.241 e. The average molecular weight is 408 g/mol. The highest BCUT2D eigenvalue weighted by atomic mass is 32.2. The quantitative estimate of drug-likeness (QED) is 0.630. The molecule has 6 nitrogen and oxygen atoms in total. The first-order valence-corrected chi connectivity index (χ1v) is 11.6. The standard InChI is InChI=1S/C19H25N3O3S2/c1-15-6-8-17(9-7-15)27(24,25)22-18(11-14-26-2)19(23)21-13-10-16-5-3-4-12-20-16/h3-9,12,18,22H,10-11,13-14H2,1-2H3,(H,21,23). The highest BCUT2D eigenvalue weighted by Gasteiger charge is 2.25. The Morgan fingerprint density at radius 1 is 1.19 bits per heavy atom. The summed E-state index contributed by atoms with van der Waals surface area (Å²) >= 11 is 1.57. The minimum atomic E-state index is -3.76. The van der Waals surface area contributed by atoms with Crippen LogP contribution in [0.15, 0.2) is 53.6 Å². The number of nitrogens with one attached hydrogen (secondary N) is 2. The van der Waals surface area contributed by atoms with Crippen LogP contribution in [0.3, 0.4) is 0 Å². The van der Waals surface area contributed by atoms with Gasteiger partial charge in [0.2, 0.25) is 15.9 Å². The third-order valence-corrected chi connectivity index (χ3v) is 6.09. The molecule has 1 aromatic heterocycles. The molecule has 1 unspecified atom stereocenters. The van der Waals surface area contributed by atoms with Gasteiger partial charge in [-0.3, -0.25) is 9.78 Å². The Bertz CT molecular complexity index is 825. The van der Waals surface area contributed by atoms with Crippen molar-refractivity contribution in [1.82, 2.24) is 15.0 Å². The molecule has 1 aromatic carbocycles. The number of nitrogens with zero attached hydrogens (tertiary/aromatic N) is 1. The van der Waals surface area contributed by atoms with Gasteiger partial charge in [0.15, 0.2) is 0 Å². The minimum Gasteiger partial charge on any atom is -0.354 e. The summed E-state index contributed by atoms with van der Waals surface area (Å²) in [5, 5.41) is 2.81. The number of thioether (sulfide) groups is 1. The van der Waals surface area contributed by atoms with Crippen LogP contribution in [0.5, 0.6) is 0 Å². The van der Waals surface area contributed by atoms with Gasteiger partial charge >= 0.3 is 0 Å². The number of carbonyl (C=O) groups is 1. The molecule has 0 radical (unpaired) electrons. The number of hydrogen-bond acceptors (Lipinski definition) is 5. The molecule has 1 atom stereocenters. The molecule has 0 saturated carbocycles. The van der Waals surface area contributed by atoms with Gasteiger partial charge < -0.3 is 5.32 Å². The van der Waals surface area contributed by atoms with Crippen LogP contribution < -0.4 is 10.0 Å². The van der Waals surface area contributed by atoms with Gasteiger partial charge in [0, 0.05) is 24.9 Å². The van der Waals surface area contributed by atoms with Crippen LogP contribution in [0.1, 0.15) is 17.7 Å². The predicted molar refractivity (Wildman–Crippen MR) is 109 cm³/mol. The molecule has 0 bridgehead atoms. The van der Waals surface area contributed by atoms with E-state index in [0.29, 0.717) is 25.1 Å². The zero-order valence-corrected chi connectivity index (χ0v) is 17.1. The van der Waals surface area contributed by atoms with Crippen molar-refractivity contribution in [3.05, 3.63) is 59.9 Å². The molecule has 27 heavy (non-hydrogen) atoms. The Labute approximate surface area is 165 Å². The van der Waals surface area contributed by atoms with E-state index in [1.54, 1.807) is 42.2 Å². The number of aromatic nitrogens is 1. The summed E-state index contributed by atoms with van der Waals surface area (Å²) in [4.78, 5) is 16.9. The maximum atomic E-state index is 12.6.